The van der Waals surface area contributed by atoms with Crippen LogP contribution in [0, 0.1) is 0 Å². The first-order valence-electron chi connectivity index (χ1n) is 5.96. The molecule has 0 aliphatic heterocycles. The Hall–Kier alpha value is -0.840. The lowest BCUT2D eigenvalue weighted by molar-refractivity contribution is 0.111. The minimum Gasteiger partial charge on any atom is -0.476 e. The van der Waals surface area contributed by atoms with Crippen molar-refractivity contribution in [3.05, 3.63) is 22.8 Å². The molecule has 5 heteroatoms. The van der Waals surface area contributed by atoms with Gasteiger partial charge in [0, 0.05) is 24.3 Å². The molecule has 0 saturated carbocycles. The minimum atomic E-state index is -0.0372. The number of rotatable bonds is 6. The highest BCUT2D eigenvalue weighted by atomic mass is 35.5. The average Bonchev–Trinajstić information content (AvgIpc) is 2.30. The number of hydrogen-bond donors (Lipinski definition) is 1. The van der Waals surface area contributed by atoms with Gasteiger partial charge in [0.1, 0.15) is 6.61 Å². The van der Waals surface area contributed by atoms with E-state index in [1.807, 2.05) is 27.2 Å². The summed E-state index contributed by atoms with van der Waals surface area (Å²) in [6, 6.07) is 1.88. The molecule has 0 unspecified atom stereocenters. The van der Waals surface area contributed by atoms with Crippen molar-refractivity contribution in [1.29, 1.82) is 0 Å². The zero-order chi connectivity index (χ0) is 13.8. The van der Waals surface area contributed by atoms with Crippen LogP contribution in [-0.4, -0.2) is 43.2 Å². The second-order valence-corrected chi connectivity index (χ2v) is 5.55. The SMILES string of the molecule is CNCc1cc(OCC(C)(C)N(C)C)ncc1Cl. The smallest absolute Gasteiger partial charge is 0.213 e. The maximum atomic E-state index is 6.05. The largest absolute Gasteiger partial charge is 0.476 e. The number of halogens is 1. The van der Waals surface area contributed by atoms with Gasteiger partial charge < -0.3 is 15.0 Å². The van der Waals surface area contributed by atoms with E-state index in [2.05, 4.69) is 29.0 Å². The van der Waals surface area contributed by atoms with Crippen molar-refractivity contribution in [3.8, 4) is 5.88 Å². The molecule has 0 bridgehead atoms. The predicted octanol–water partition coefficient (Wildman–Crippen LogP) is 2.17. The van der Waals surface area contributed by atoms with Crippen LogP contribution < -0.4 is 10.1 Å². The Morgan fingerprint density at radius 1 is 1.44 bits per heavy atom. The van der Waals surface area contributed by atoms with Gasteiger partial charge in [0.2, 0.25) is 5.88 Å². The van der Waals surface area contributed by atoms with E-state index >= 15 is 0 Å². The molecular formula is C13H22ClN3O. The zero-order valence-electron chi connectivity index (χ0n) is 11.7. The molecule has 0 saturated heterocycles. The third-order valence-corrected chi connectivity index (χ3v) is 3.40. The lowest BCUT2D eigenvalue weighted by atomic mass is 10.1. The fourth-order valence-corrected chi connectivity index (χ4v) is 1.41. The van der Waals surface area contributed by atoms with Crippen molar-refractivity contribution < 1.29 is 4.74 Å². The third kappa shape index (κ3) is 4.12. The first-order valence-corrected chi connectivity index (χ1v) is 6.34. The molecule has 4 nitrogen and oxygen atoms in total. The van der Waals surface area contributed by atoms with Crippen LogP contribution in [0.15, 0.2) is 12.3 Å². The van der Waals surface area contributed by atoms with Crippen molar-refractivity contribution in [2.75, 3.05) is 27.7 Å². The van der Waals surface area contributed by atoms with Crippen LogP contribution in [0.2, 0.25) is 5.02 Å². The van der Waals surface area contributed by atoms with Crippen LogP contribution in [0.1, 0.15) is 19.4 Å². The van der Waals surface area contributed by atoms with Gasteiger partial charge in [0.05, 0.1) is 5.02 Å². The number of likely N-dealkylation sites (N-methyl/N-ethyl adjacent to an activating group) is 1. The first-order chi connectivity index (χ1) is 8.36. The van der Waals surface area contributed by atoms with Crippen LogP contribution in [0.5, 0.6) is 5.88 Å². The standard InChI is InChI=1S/C13H22ClN3O/c1-13(2,17(4)5)9-18-12-6-10(7-15-3)11(14)8-16-12/h6,8,15H,7,9H2,1-5H3. The van der Waals surface area contributed by atoms with Gasteiger partial charge >= 0.3 is 0 Å². The van der Waals surface area contributed by atoms with Crippen molar-refractivity contribution in [3.63, 3.8) is 0 Å². The van der Waals surface area contributed by atoms with E-state index in [9.17, 15) is 0 Å². The Bertz CT molecular complexity index is 394. The van der Waals surface area contributed by atoms with Gasteiger partial charge in [-0.15, -0.1) is 0 Å². The molecule has 0 spiro atoms. The van der Waals surface area contributed by atoms with Gasteiger partial charge in [-0.25, -0.2) is 4.98 Å². The summed E-state index contributed by atoms with van der Waals surface area (Å²) in [5.74, 6) is 0.611. The number of ether oxygens (including phenoxy) is 1. The second-order valence-electron chi connectivity index (χ2n) is 5.14. The van der Waals surface area contributed by atoms with E-state index in [0.29, 0.717) is 24.1 Å². The molecule has 1 aromatic heterocycles. The van der Waals surface area contributed by atoms with Crippen molar-refractivity contribution >= 4 is 11.6 Å². The molecule has 1 N–H and O–H groups in total. The summed E-state index contributed by atoms with van der Waals surface area (Å²) in [5.41, 5.74) is 0.955. The summed E-state index contributed by atoms with van der Waals surface area (Å²) in [6.07, 6.45) is 1.63. The van der Waals surface area contributed by atoms with Crippen LogP contribution in [0.25, 0.3) is 0 Å². The molecule has 0 atom stereocenters. The van der Waals surface area contributed by atoms with Crippen LogP contribution in [0.4, 0.5) is 0 Å². The predicted molar refractivity (Wildman–Crippen MR) is 75.3 cm³/mol. The topological polar surface area (TPSA) is 37.4 Å². The van der Waals surface area contributed by atoms with Crippen molar-refractivity contribution in [2.24, 2.45) is 0 Å². The molecule has 1 aromatic rings. The summed E-state index contributed by atoms with van der Waals surface area (Å²) in [7, 11) is 5.95. The van der Waals surface area contributed by atoms with Gasteiger partial charge in [-0.3, -0.25) is 0 Å². The van der Waals surface area contributed by atoms with Gasteiger partial charge in [-0.2, -0.15) is 0 Å². The maximum absolute atomic E-state index is 6.05. The monoisotopic (exact) mass is 271 g/mol. The summed E-state index contributed by atoms with van der Waals surface area (Å²) < 4.78 is 5.73. The zero-order valence-corrected chi connectivity index (χ0v) is 12.5. The van der Waals surface area contributed by atoms with Crippen molar-refractivity contribution in [2.45, 2.75) is 25.9 Å². The first kappa shape index (κ1) is 15.2. The number of aromatic nitrogens is 1. The van der Waals surface area contributed by atoms with Crippen LogP contribution >= 0.6 is 11.6 Å². The van der Waals surface area contributed by atoms with E-state index in [1.54, 1.807) is 6.20 Å². The summed E-state index contributed by atoms with van der Waals surface area (Å²) >= 11 is 6.05. The second kappa shape index (κ2) is 6.36. The Morgan fingerprint density at radius 2 is 2.11 bits per heavy atom. The number of hydrogen-bond acceptors (Lipinski definition) is 4. The molecule has 0 aromatic carbocycles. The van der Waals surface area contributed by atoms with Gasteiger partial charge in [0.25, 0.3) is 0 Å². The molecule has 0 aliphatic rings. The summed E-state index contributed by atoms with van der Waals surface area (Å²) in [4.78, 5) is 6.31. The molecule has 0 radical (unpaired) electrons. The fourth-order valence-electron chi connectivity index (χ4n) is 1.24. The van der Waals surface area contributed by atoms with Gasteiger partial charge in [-0.05, 0) is 40.6 Å². The van der Waals surface area contributed by atoms with E-state index in [0.717, 1.165) is 5.56 Å². The normalized spacial score (nSPS) is 11.9. The highest BCUT2D eigenvalue weighted by molar-refractivity contribution is 6.31. The number of nitrogens with one attached hydrogen (secondary N) is 1. The Morgan fingerprint density at radius 3 is 2.67 bits per heavy atom. The Labute approximate surface area is 114 Å². The lowest BCUT2D eigenvalue weighted by Gasteiger charge is -2.31. The summed E-state index contributed by atoms with van der Waals surface area (Å²) in [5, 5.41) is 3.72. The van der Waals surface area contributed by atoms with E-state index in [4.69, 9.17) is 16.3 Å². The Kier molecular flexibility index (Phi) is 5.38. The highest BCUT2D eigenvalue weighted by Crippen LogP contribution is 2.20. The average molecular weight is 272 g/mol. The molecule has 102 valence electrons. The molecular weight excluding hydrogens is 250 g/mol. The summed E-state index contributed by atoms with van der Waals surface area (Å²) in [6.45, 7) is 5.53. The minimum absolute atomic E-state index is 0.0372. The van der Waals surface area contributed by atoms with Crippen LogP contribution in [-0.2, 0) is 6.54 Å². The van der Waals surface area contributed by atoms with E-state index in [1.165, 1.54) is 0 Å². The maximum Gasteiger partial charge on any atom is 0.213 e. The molecule has 0 fully saturated rings. The fraction of sp³-hybridized carbons (Fsp3) is 0.615. The number of pyridine rings is 1. The number of nitrogens with zero attached hydrogens (tertiary/aromatic N) is 2. The quantitative estimate of drug-likeness (QED) is 0.861. The van der Waals surface area contributed by atoms with E-state index in [-0.39, 0.29) is 5.54 Å². The molecule has 1 heterocycles. The molecule has 0 aliphatic carbocycles. The van der Waals surface area contributed by atoms with Crippen LogP contribution in [0.3, 0.4) is 0 Å². The van der Waals surface area contributed by atoms with Crippen molar-refractivity contribution in [1.82, 2.24) is 15.2 Å². The highest BCUT2D eigenvalue weighted by Gasteiger charge is 2.21. The van der Waals surface area contributed by atoms with E-state index < -0.39 is 0 Å². The Balaban J connectivity index is 2.71. The molecule has 0 amide bonds. The van der Waals surface area contributed by atoms with Gasteiger partial charge in [0.15, 0.2) is 0 Å². The molecule has 18 heavy (non-hydrogen) atoms. The molecule has 1 rings (SSSR count). The lowest BCUT2D eigenvalue weighted by Crippen LogP contribution is -2.43. The third-order valence-electron chi connectivity index (χ3n) is 3.06. The van der Waals surface area contributed by atoms with Gasteiger partial charge in [-0.1, -0.05) is 11.6 Å².